The van der Waals surface area contributed by atoms with Crippen molar-refractivity contribution in [2.75, 3.05) is 6.54 Å². The fourth-order valence-electron chi connectivity index (χ4n) is 1.79. The summed E-state index contributed by atoms with van der Waals surface area (Å²) in [5.41, 5.74) is 7.57. The molecule has 0 aliphatic heterocycles. The number of aryl methyl sites for hydroxylation is 3. The van der Waals surface area contributed by atoms with Gasteiger partial charge in [-0.3, -0.25) is 0 Å². The minimum Gasteiger partial charge on any atom is -0.466 e. The first-order chi connectivity index (χ1) is 7.70. The van der Waals surface area contributed by atoms with Gasteiger partial charge in [0.05, 0.1) is 11.9 Å². The molecule has 2 heterocycles. The van der Waals surface area contributed by atoms with E-state index in [0.29, 0.717) is 6.54 Å². The quantitative estimate of drug-likeness (QED) is 0.828. The van der Waals surface area contributed by atoms with Crippen LogP contribution < -0.4 is 5.73 Å². The van der Waals surface area contributed by atoms with Crippen molar-refractivity contribution in [2.24, 2.45) is 5.73 Å². The molecule has 0 saturated heterocycles. The Labute approximate surface area is 94.9 Å². The van der Waals surface area contributed by atoms with E-state index < -0.39 is 0 Å². The van der Waals surface area contributed by atoms with Crippen molar-refractivity contribution >= 4 is 0 Å². The predicted octanol–water partition coefficient (Wildman–Crippen LogP) is 2.18. The fraction of sp³-hybridized carbons (Fsp3) is 0.417. The van der Waals surface area contributed by atoms with Crippen LogP contribution in [0.4, 0.5) is 0 Å². The highest BCUT2D eigenvalue weighted by Crippen LogP contribution is 2.24. The van der Waals surface area contributed by atoms with E-state index in [-0.39, 0.29) is 0 Å². The molecule has 0 radical (unpaired) electrons. The van der Waals surface area contributed by atoms with Crippen LogP contribution in [0.1, 0.15) is 23.8 Å². The second kappa shape index (κ2) is 4.53. The number of H-pyrrole nitrogens is 1. The second-order valence-electron chi connectivity index (χ2n) is 3.96. The van der Waals surface area contributed by atoms with Crippen molar-refractivity contribution in [3.05, 3.63) is 29.6 Å². The summed E-state index contributed by atoms with van der Waals surface area (Å²) in [6, 6.07) is 2.02. The van der Waals surface area contributed by atoms with Crippen molar-refractivity contribution in [2.45, 2.75) is 26.7 Å². The summed E-state index contributed by atoms with van der Waals surface area (Å²) in [7, 11) is 0. The molecule has 0 aliphatic carbocycles. The highest BCUT2D eigenvalue weighted by atomic mass is 16.3. The van der Waals surface area contributed by atoms with Crippen molar-refractivity contribution in [3.8, 4) is 11.3 Å². The van der Waals surface area contributed by atoms with Crippen LogP contribution in [0.25, 0.3) is 11.3 Å². The first kappa shape index (κ1) is 11.0. The SMILES string of the molecule is Cc1cc(-c2cnc(CCCN)[nH]2)c(C)o1. The van der Waals surface area contributed by atoms with E-state index in [1.807, 2.05) is 26.1 Å². The first-order valence-corrected chi connectivity index (χ1v) is 5.52. The average molecular weight is 219 g/mol. The molecule has 0 spiro atoms. The molecular weight excluding hydrogens is 202 g/mol. The Kier molecular flexibility index (Phi) is 3.10. The van der Waals surface area contributed by atoms with E-state index in [1.54, 1.807) is 0 Å². The zero-order valence-electron chi connectivity index (χ0n) is 9.71. The molecule has 4 heteroatoms. The van der Waals surface area contributed by atoms with Crippen LogP contribution in [-0.2, 0) is 6.42 Å². The van der Waals surface area contributed by atoms with Crippen LogP contribution in [-0.4, -0.2) is 16.5 Å². The molecule has 2 aromatic heterocycles. The number of aromatic nitrogens is 2. The number of imidazole rings is 1. The molecule has 0 fully saturated rings. The lowest BCUT2D eigenvalue weighted by Gasteiger charge is -1.94. The highest BCUT2D eigenvalue weighted by molar-refractivity contribution is 5.61. The van der Waals surface area contributed by atoms with Crippen LogP contribution in [0.3, 0.4) is 0 Å². The number of aromatic amines is 1. The smallest absolute Gasteiger partial charge is 0.110 e. The molecule has 4 nitrogen and oxygen atoms in total. The Morgan fingerprint density at radius 2 is 2.25 bits per heavy atom. The molecule has 0 aliphatic rings. The third kappa shape index (κ3) is 2.17. The predicted molar refractivity (Wildman–Crippen MR) is 63.1 cm³/mol. The highest BCUT2D eigenvalue weighted by Gasteiger charge is 2.09. The molecule has 86 valence electrons. The Hall–Kier alpha value is -1.55. The van der Waals surface area contributed by atoms with Gasteiger partial charge in [0.25, 0.3) is 0 Å². The van der Waals surface area contributed by atoms with E-state index in [4.69, 9.17) is 10.2 Å². The number of nitrogens with one attached hydrogen (secondary N) is 1. The molecule has 3 N–H and O–H groups in total. The van der Waals surface area contributed by atoms with Crippen molar-refractivity contribution in [1.29, 1.82) is 0 Å². The maximum Gasteiger partial charge on any atom is 0.110 e. The van der Waals surface area contributed by atoms with Gasteiger partial charge in [-0.25, -0.2) is 4.98 Å². The summed E-state index contributed by atoms with van der Waals surface area (Å²) in [5, 5.41) is 0. The number of hydrogen-bond donors (Lipinski definition) is 2. The third-order valence-electron chi connectivity index (χ3n) is 2.58. The monoisotopic (exact) mass is 219 g/mol. The molecule has 0 atom stereocenters. The first-order valence-electron chi connectivity index (χ1n) is 5.52. The van der Waals surface area contributed by atoms with Crippen LogP contribution in [0.5, 0.6) is 0 Å². The van der Waals surface area contributed by atoms with Gasteiger partial charge in [0, 0.05) is 12.0 Å². The van der Waals surface area contributed by atoms with Gasteiger partial charge in [0.1, 0.15) is 17.3 Å². The average Bonchev–Trinajstić information content (AvgIpc) is 2.82. The Bertz CT molecular complexity index is 470. The molecule has 0 unspecified atom stereocenters. The lowest BCUT2D eigenvalue weighted by molar-refractivity contribution is 0.505. The van der Waals surface area contributed by atoms with Crippen LogP contribution >= 0.6 is 0 Å². The van der Waals surface area contributed by atoms with E-state index in [9.17, 15) is 0 Å². The van der Waals surface area contributed by atoms with Gasteiger partial charge in [-0.2, -0.15) is 0 Å². The van der Waals surface area contributed by atoms with E-state index in [1.165, 1.54) is 0 Å². The van der Waals surface area contributed by atoms with Crippen LogP contribution in [0.15, 0.2) is 16.7 Å². The van der Waals surface area contributed by atoms with Gasteiger partial charge in [0.15, 0.2) is 0 Å². The zero-order chi connectivity index (χ0) is 11.5. The molecule has 0 bridgehead atoms. The largest absolute Gasteiger partial charge is 0.466 e. The summed E-state index contributed by atoms with van der Waals surface area (Å²) < 4.78 is 5.49. The third-order valence-corrected chi connectivity index (χ3v) is 2.58. The Morgan fingerprint density at radius 1 is 1.44 bits per heavy atom. The van der Waals surface area contributed by atoms with Crippen molar-refractivity contribution < 1.29 is 4.42 Å². The van der Waals surface area contributed by atoms with Gasteiger partial charge in [-0.1, -0.05) is 0 Å². The van der Waals surface area contributed by atoms with Crippen LogP contribution in [0.2, 0.25) is 0 Å². The molecule has 0 amide bonds. The molecule has 0 saturated carbocycles. The van der Waals surface area contributed by atoms with Gasteiger partial charge in [-0.15, -0.1) is 0 Å². The lowest BCUT2D eigenvalue weighted by atomic mass is 10.2. The molecule has 2 rings (SSSR count). The number of rotatable bonds is 4. The summed E-state index contributed by atoms with van der Waals surface area (Å²) >= 11 is 0. The Morgan fingerprint density at radius 3 is 2.88 bits per heavy atom. The van der Waals surface area contributed by atoms with Crippen molar-refractivity contribution in [3.63, 3.8) is 0 Å². The van der Waals surface area contributed by atoms with Gasteiger partial charge in [-0.05, 0) is 32.9 Å². The molecular formula is C12H17N3O. The molecule has 16 heavy (non-hydrogen) atoms. The van der Waals surface area contributed by atoms with Gasteiger partial charge in [0.2, 0.25) is 0 Å². The van der Waals surface area contributed by atoms with Gasteiger partial charge >= 0.3 is 0 Å². The minimum absolute atomic E-state index is 0.694. The molecule has 2 aromatic rings. The number of furan rings is 1. The van der Waals surface area contributed by atoms with E-state index >= 15 is 0 Å². The Balaban J connectivity index is 2.21. The summed E-state index contributed by atoms with van der Waals surface area (Å²) in [4.78, 5) is 7.62. The number of hydrogen-bond acceptors (Lipinski definition) is 3. The zero-order valence-corrected chi connectivity index (χ0v) is 9.71. The topological polar surface area (TPSA) is 67.8 Å². The number of nitrogens with two attached hydrogens (primary N) is 1. The second-order valence-corrected chi connectivity index (χ2v) is 3.96. The minimum atomic E-state index is 0.694. The summed E-state index contributed by atoms with van der Waals surface area (Å²) in [6.07, 6.45) is 3.70. The fourth-order valence-corrected chi connectivity index (χ4v) is 1.79. The lowest BCUT2D eigenvalue weighted by Crippen LogP contribution is -2.01. The summed E-state index contributed by atoms with van der Waals surface area (Å²) in [6.45, 7) is 4.60. The standard InChI is InChI=1S/C12H17N3O/c1-8-6-10(9(2)16-8)11-7-14-12(15-11)4-3-5-13/h6-7H,3-5,13H2,1-2H3,(H,14,15). The van der Waals surface area contributed by atoms with E-state index in [0.717, 1.165) is 41.4 Å². The maximum absolute atomic E-state index is 5.49. The maximum atomic E-state index is 5.49. The summed E-state index contributed by atoms with van der Waals surface area (Å²) in [5.74, 6) is 2.83. The van der Waals surface area contributed by atoms with E-state index in [2.05, 4.69) is 9.97 Å². The van der Waals surface area contributed by atoms with Crippen LogP contribution in [0, 0.1) is 13.8 Å². The molecule has 0 aromatic carbocycles. The van der Waals surface area contributed by atoms with Gasteiger partial charge < -0.3 is 15.1 Å². The van der Waals surface area contributed by atoms with Crippen molar-refractivity contribution in [1.82, 2.24) is 9.97 Å². The normalized spacial score (nSPS) is 10.9. The number of nitrogens with zero attached hydrogens (tertiary/aromatic N) is 1.